The lowest BCUT2D eigenvalue weighted by molar-refractivity contribution is 0.0752. The van der Waals surface area contributed by atoms with Gasteiger partial charge in [0.1, 0.15) is 10.6 Å². The molecule has 1 aliphatic carbocycles. The molecule has 0 aromatic heterocycles. The van der Waals surface area contributed by atoms with Gasteiger partial charge in [0.05, 0.1) is 14.2 Å². The second-order valence-corrected chi connectivity index (χ2v) is 8.73. The Balaban J connectivity index is 1.86. The topological polar surface area (TPSA) is 84.9 Å². The number of hydrogen-bond acceptors (Lipinski definition) is 5. The summed E-state index contributed by atoms with van der Waals surface area (Å²) < 4.78 is 52.1. The van der Waals surface area contributed by atoms with Gasteiger partial charge in [0.15, 0.2) is 11.6 Å². The number of carbonyl (C=O) groups is 1. The van der Waals surface area contributed by atoms with Crippen molar-refractivity contribution in [2.45, 2.75) is 37.2 Å². The first-order valence-corrected chi connectivity index (χ1v) is 11.1. The van der Waals surface area contributed by atoms with Crippen molar-refractivity contribution in [3.05, 3.63) is 53.3 Å². The molecule has 1 aliphatic rings. The molecule has 162 valence electrons. The minimum atomic E-state index is -3.81. The van der Waals surface area contributed by atoms with E-state index >= 15 is 0 Å². The third-order valence-corrected chi connectivity index (χ3v) is 6.40. The average Bonchev–Trinajstić information content (AvgIpc) is 3.54. The third-order valence-electron chi connectivity index (χ3n) is 4.86. The summed E-state index contributed by atoms with van der Waals surface area (Å²) in [5.41, 5.74) is 0.808. The third kappa shape index (κ3) is 4.91. The van der Waals surface area contributed by atoms with Crippen LogP contribution in [-0.4, -0.2) is 46.0 Å². The molecular formula is C21H25FN2O5S. The number of sulfonamides is 1. The van der Waals surface area contributed by atoms with Gasteiger partial charge >= 0.3 is 0 Å². The van der Waals surface area contributed by atoms with Gasteiger partial charge < -0.3 is 14.4 Å². The second-order valence-electron chi connectivity index (χ2n) is 7.05. The van der Waals surface area contributed by atoms with Crippen LogP contribution < -0.4 is 14.2 Å². The SMILES string of the molecule is CCN(Cc1ccc(OC)c(F)c1)C(=O)c1ccc(OC)c(S(=O)(=O)NC2CC2)c1. The lowest BCUT2D eigenvalue weighted by atomic mass is 10.1. The first-order valence-electron chi connectivity index (χ1n) is 9.61. The summed E-state index contributed by atoms with van der Waals surface area (Å²) >= 11 is 0. The Kier molecular flexibility index (Phi) is 6.62. The van der Waals surface area contributed by atoms with E-state index in [1.807, 2.05) is 0 Å². The number of nitrogens with one attached hydrogen (secondary N) is 1. The number of rotatable bonds is 9. The van der Waals surface area contributed by atoms with Crippen LogP contribution in [0.2, 0.25) is 0 Å². The van der Waals surface area contributed by atoms with E-state index < -0.39 is 15.8 Å². The lowest BCUT2D eigenvalue weighted by Crippen LogP contribution is -2.31. The van der Waals surface area contributed by atoms with Crippen LogP contribution in [0.25, 0.3) is 0 Å². The normalized spacial score (nSPS) is 13.7. The number of halogens is 1. The summed E-state index contributed by atoms with van der Waals surface area (Å²) in [6.07, 6.45) is 1.59. The van der Waals surface area contributed by atoms with E-state index in [9.17, 15) is 17.6 Å². The van der Waals surface area contributed by atoms with Crippen molar-refractivity contribution in [1.29, 1.82) is 0 Å². The molecule has 9 heteroatoms. The van der Waals surface area contributed by atoms with Crippen molar-refractivity contribution >= 4 is 15.9 Å². The molecule has 0 aliphatic heterocycles. The fourth-order valence-electron chi connectivity index (χ4n) is 3.04. The van der Waals surface area contributed by atoms with Crippen LogP contribution in [-0.2, 0) is 16.6 Å². The van der Waals surface area contributed by atoms with Gasteiger partial charge in [-0.3, -0.25) is 4.79 Å². The zero-order chi connectivity index (χ0) is 21.9. The Morgan fingerprint density at radius 2 is 1.80 bits per heavy atom. The van der Waals surface area contributed by atoms with Gasteiger partial charge in [0.2, 0.25) is 10.0 Å². The Hall–Kier alpha value is -2.65. The molecule has 0 atom stereocenters. The van der Waals surface area contributed by atoms with Crippen LogP contribution in [0.3, 0.4) is 0 Å². The zero-order valence-corrected chi connectivity index (χ0v) is 18.0. The van der Waals surface area contributed by atoms with Crippen molar-refractivity contribution in [3.8, 4) is 11.5 Å². The Bertz CT molecular complexity index is 1040. The van der Waals surface area contributed by atoms with Crippen molar-refractivity contribution in [2.75, 3.05) is 20.8 Å². The summed E-state index contributed by atoms with van der Waals surface area (Å²) in [4.78, 5) is 14.5. The fraction of sp³-hybridized carbons (Fsp3) is 0.381. The molecule has 0 unspecified atom stereocenters. The molecule has 1 N–H and O–H groups in total. The second kappa shape index (κ2) is 9.01. The fourth-order valence-corrected chi connectivity index (χ4v) is 4.54. The summed E-state index contributed by atoms with van der Waals surface area (Å²) in [6.45, 7) is 2.33. The number of ether oxygens (including phenoxy) is 2. The average molecular weight is 437 g/mol. The summed E-state index contributed by atoms with van der Waals surface area (Å²) in [6, 6.07) is 8.74. The Labute approximate surface area is 175 Å². The van der Waals surface area contributed by atoms with Crippen LogP contribution in [0.4, 0.5) is 4.39 Å². The molecule has 1 amide bonds. The maximum absolute atomic E-state index is 14.0. The van der Waals surface area contributed by atoms with Gasteiger partial charge in [0.25, 0.3) is 5.91 Å². The lowest BCUT2D eigenvalue weighted by Gasteiger charge is -2.22. The Morgan fingerprint density at radius 3 is 2.37 bits per heavy atom. The number of carbonyl (C=O) groups excluding carboxylic acids is 1. The maximum Gasteiger partial charge on any atom is 0.254 e. The quantitative estimate of drug-likeness (QED) is 0.653. The van der Waals surface area contributed by atoms with E-state index in [0.717, 1.165) is 12.8 Å². The number of amides is 1. The van der Waals surface area contributed by atoms with Crippen molar-refractivity contribution in [2.24, 2.45) is 0 Å². The maximum atomic E-state index is 14.0. The van der Waals surface area contributed by atoms with Gasteiger partial charge in [0, 0.05) is 24.7 Å². The molecule has 30 heavy (non-hydrogen) atoms. The molecule has 0 radical (unpaired) electrons. The van der Waals surface area contributed by atoms with Gasteiger partial charge in [-0.1, -0.05) is 6.07 Å². The van der Waals surface area contributed by atoms with Crippen molar-refractivity contribution in [3.63, 3.8) is 0 Å². The first kappa shape index (κ1) is 22.0. The van der Waals surface area contributed by atoms with Crippen LogP contribution in [0.15, 0.2) is 41.3 Å². The highest BCUT2D eigenvalue weighted by atomic mass is 32.2. The van der Waals surface area contributed by atoms with Crippen LogP contribution in [0, 0.1) is 5.82 Å². The number of nitrogens with zero attached hydrogens (tertiary/aromatic N) is 1. The molecule has 3 rings (SSSR count). The first-order chi connectivity index (χ1) is 14.3. The smallest absolute Gasteiger partial charge is 0.254 e. The summed E-state index contributed by atoms with van der Waals surface area (Å²) in [7, 11) is -1.05. The molecule has 1 fully saturated rings. The van der Waals surface area contributed by atoms with E-state index in [4.69, 9.17) is 9.47 Å². The minimum Gasteiger partial charge on any atom is -0.495 e. The van der Waals surface area contributed by atoms with Crippen molar-refractivity contribution in [1.82, 2.24) is 9.62 Å². The van der Waals surface area contributed by atoms with E-state index in [-0.39, 0.29) is 40.5 Å². The molecule has 2 aromatic carbocycles. The number of hydrogen-bond donors (Lipinski definition) is 1. The number of methoxy groups -OCH3 is 2. The molecule has 7 nitrogen and oxygen atoms in total. The largest absolute Gasteiger partial charge is 0.495 e. The molecule has 1 saturated carbocycles. The van der Waals surface area contributed by atoms with Gasteiger partial charge in [-0.15, -0.1) is 0 Å². The summed E-state index contributed by atoms with van der Waals surface area (Å²) in [5.74, 6) is -0.581. The van der Waals surface area contributed by atoms with Crippen LogP contribution >= 0.6 is 0 Å². The number of benzene rings is 2. The minimum absolute atomic E-state index is 0.0730. The highest BCUT2D eigenvalue weighted by Gasteiger charge is 2.30. The van der Waals surface area contributed by atoms with Crippen LogP contribution in [0.5, 0.6) is 11.5 Å². The Morgan fingerprint density at radius 1 is 1.13 bits per heavy atom. The molecule has 2 aromatic rings. The molecule has 0 heterocycles. The molecular weight excluding hydrogens is 411 g/mol. The van der Waals surface area contributed by atoms with Crippen molar-refractivity contribution < 1.29 is 27.1 Å². The van der Waals surface area contributed by atoms with E-state index in [2.05, 4.69) is 4.72 Å². The molecule has 0 spiro atoms. The standard InChI is InChI=1S/C21H25FN2O5S/c1-4-24(13-14-5-9-18(28-2)17(22)11-14)21(25)15-6-10-19(29-3)20(12-15)30(26,27)23-16-7-8-16/h5-6,9-12,16,23H,4,7-8,13H2,1-3H3. The molecule has 0 bridgehead atoms. The van der Waals surface area contributed by atoms with E-state index in [1.54, 1.807) is 13.0 Å². The molecule has 0 saturated heterocycles. The monoisotopic (exact) mass is 436 g/mol. The highest BCUT2D eigenvalue weighted by Crippen LogP contribution is 2.29. The predicted octanol–water partition coefficient (Wildman–Crippen LogP) is 2.95. The van der Waals surface area contributed by atoms with Gasteiger partial charge in [-0.05, 0) is 55.7 Å². The predicted molar refractivity (Wildman–Crippen MR) is 110 cm³/mol. The zero-order valence-electron chi connectivity index (χ0n) is 17.1. The van der Waals surface area contributed by atoms with E-state index in [0.29, 0.717) is 12.1 Å². The summed E-state index contributed by atoms with van der Waals surface area (Å²) in [5, 5.41) is 0. The highest BCUT2D eigenvalue weighted by molar-refractivity contribution is 7.89. The van der Waals surface area contributed by atoms with E-state index in [1.165, 1.54) is 49.5 Å². The van der Waals surface area contributed by atoms with Crippen LogP contribution in [0.1, 0.15) is 35.7 Å². The van der Waals surface area contributed by atoms with Gasteiger partial charge in [-0.25, -0.2) is 17.5 Å². The van der Waals surface area contributed by atoms with Gasteiger partial charge in [-0.2, -0.15) is 0 Å².